The summed E-state index contributed by atoms with van der Waals surface area (Å²) in [5.74, 6) is 1.31. The second-order valence-corrected chi connectivity index (χ2v) is 7.47. The highest BCUT2D eigenvalue weighted by molar-refractivity contribution is 6.31. The van der Waals surface area contributed by atoms with Gasteiger partial charge in [-0.15, -0.1) is 0 Å². The fraction of sp³-hybridized carbons (Fsp3) is 0.0400. The van der Waals surface area contributed by atoms with Crippen molar-refractivity contribution in [1.29, 1.82) is 0 Å². The van der Waals surface area contributed by atoms with Crippen LogP contribution in [0.25, 0.3) is 17.0 Å². The number of halogens is 1. The minimum atomic E-state index is -0.0901. The smallest absolute Gasteiger partial charge is 0.231 e. The highest BCUT2D eigenvalue weighted by Gasteiger charge is 2.12. The SMILES string of the molecule is O=C(/C=C/c1ccc2c(c1)OCO2)c1cccc(Nc2ccnc3cc(Cl)ccc23)c1. The van der Waals surface area contributed by atoms with E-state index in [1.54, 1.807) is 24.4 Å². The Hall–Kier alpha value is -3.83. The van der Waals surface area contributed by atoms with Crippen LogP contribution in [0.15, 0.2) is 79.0 Å². The van der Waals surface area contributed by atoms with Gasteiger partial charge in [0.05, 0.1) is 5.52 Å². The summed E-state index contributed by atoms with van der Waals surface area (Å²) in [6, 6.07) is 20.4. The number of benzene rings is 3. The van der Waals surface area contributed by atoms with Gasteiger partial charge in [-0.3, -0.25) is 9.78 Å². The summed E-state index contributed by atoms with van der Waals surface area (Å²) in [4.78, 5) is 17.1. The van der Waals surface area contributed by atoms with Crippen LogP contribution in [0.3, 0.4) is 0 Å². The lowest BCUT2D eigenvalue weighted by Gasteiger charge is -2.10. The normalized spacial score (nSPS) is 12.4. The number of ketones is 1. The molecule has 0 aliphatic carbocycles. The fourth-order valence-electron chi connectivity index (χ4n) is 3.42. The topological polar surface area (TPSA) is 60.5 Å². The number of hydrogen-bond acceptors (Lipinski definition) is 5. The molecule has 0 saturated carbocycles. The van der Waals surface area contributed by atoms with Crippen molar-refractivity contribution < 1.29 is 14.3 Å². The van der Waals surface area contributed by atoms with E-state index in [1.165, 1.54) is 0 Å². The standard InChI is InChI=1S/C25H17ClN2O3/c26-18-6-7-20-21(10-11-27-22(20)14-18)28-19-3-1-2-17(13-19)23(29)8-4-16-5-9-24-25(12-16)31-15-30-24/h1-14H,15H2,(H,27,28)/b8-4+. The maximum atomic E-state index is 12.7. The van der Waals surface area contributed by atoms with Gasteiger partial charge in [-0.05, 0) is 60.2 Å². The van der Waals surface area contributed by atoms with Crippen molar-refractivity contribution in [3.05, 3.63) is 95.2 Å². The van der Waals surface area contributed by atoms with Crippen LogP contribution in [0.4, 0.5) is 11.4 Å². The highest BCUT2D eigenvalue weighted by Crippen LogP contribution is 2.33. The van der Waals surface area contributed by atoms with Crippen molar-refractivity contribution in [2.75, 3.05) is 12.1 Å². The quantitative estimate of drug-likeness (QED) is 0.300. The van der Waals surface area contributed by atoms with Crippen LogP contribution in [0.2, 0.25) is 5.02 Å². The van der Waals surface area contributed by atoms with Crippen LogP contribution in [0.1, 0.15) is 15.9 Å². The summed E-state index contributed by atoms with van der Waals surface area (Å²) in [5, 5.41) is 4.96. The maximum absolute atomic E-state index is 12.7. The van der Waals surface area contributed by atoms with Gasteiger partial charge in [-0.25, -0.2) is 0 Å². The second kappa shape index (κ2) is 8.13. The fourth-order valence-corrected chi connectivity index (χ4v) is 3.59. The van der Waals surface area contributed by atoms with Gasteiger partial charge in [0.1, 0.15) is 0 Å². The predicted octanol–water partition coefficient (Wildman–Crippen LogP) is 6.26. The zero-order chi connectivity index (χ0) is 21.2. The van der Waals surface area contributed by atoms with Gasteiger partial charge >= 0.3 is 0 Å². The Bertz CT molecular complexity index is 1330. The molecule has 3 aromatic carbocycles. The van der Waals surface area contributed by atoms with Gasteiger partial charge in [0.15, 0.2) is 17.3 Å². The molecule has 0 fully saturated rings. The number of aromatic nitrogens is 1. The third-order valence-corrected chi connectivity index (χ3v) is 5.19. The van der Waals surface area contributed by atoms with Crippen molar-refractivity contribution in [2.24, 2.45) is 0 Å². The van der Waals surface area contributed by atoms with Crippen molar-refractivity contribution in [3.63, 3.8) is 0 Å². The molecule has 0 unspecified atom stereocenters. The molecule has 5 rings (SSSR count). The number of anilines is 2. The molecule has 1 aromatic heterocycles. The Balaban J connectivity index is 1.36. The molecule has 2 heterocycles. The number of ether oxygens (including phenoxy) is 2. The zero-order valence-electron chi connectivity index (χ0n) is 16.3. The first kappa shape index (κ1) is 19.2. The Morgan fingerprint density at radius 3 is 2.84 bits per heavy atom. The minimum absolute atomic E-state index is 0.0901. The van der Waals surface area contributed by atoms with Gasteiger partial charge in [-0.2, -0.15) is 0 Å². The van der Waals surface area contributed by atoms with Crippen LogP contribution < -0.4 is 14.8 Å². The molecule has 152 valence electrons. The summed E-state index contributed by atoms with van der Waals surface area (Å²) in [5.41, 5.74) is 3.96. The number of hydrogen-bond donors (Lipinski definition) is 1. The molecule has 1 aliphatic heterocycles. The number of nitrogens with one attached hydrogen (secondary N) is 1. The van der Waals surface area contributed by atoms with Crippen LogP contribution >= 0.6 is 11.6 Å². The van der Waals surface area contributed by atoms with E-state index in [0.717, 1.165) is 27.8 Å². The highest BCUT2D eigenvalue weighted by atomic mass is 35.5. The lowest BCUT2D eigenvalue weighted by atomic mass is 10.1. The Labute approximate surface area is 183 Å². The first-order chi connectivity index (χ1) is 15.2. The molecule has 4 aromatic rings. The number of allylic oxidation sites excluding steroid dienone is 1. The molecule has 1 aliphatic rings. The van der Waals surface area contributed by atoms with E-state index >= 15 is 0 Å². The van der Waals surface area contributed by atoms with Gasteiger partial charge < -0.3 is 14.8 Å². The van der Waals surface area contributed by atoms with Crippen LogP contribution in [-0.4, -0.2) is 17.6 Å². The van der Waals surface area contributed by atoms with Gasteiger partial charge in [0, 0.05) is 33.5 Å². The molecule has 6 heteroatoms. The van der Waals surface area contributed by atoms with E-state index in [0.29, 0.717) is 22.1 Å². The number of carbonyl (C=O) groups excluding carboxylic acids is 1. The molecule has 5 nitrogen and oxygen atoms in total. The van der Waals surface area contributed by atoms with Crippen LogP contribution in [0, 0.1) is 0 Å². The van der Waals surface area contributed by atoms with E-state index in [1.807, 2.05) is 60.7 Å². The molecule has 0 bridgehead atoms. The summed E-state index contributed by atoms with van der Waals surface area (Å²) in [6.45, 7) is 0.223. The summed E-state index contributed by atoms with van der Waals surface area (Å²) in [6.07, 6.45) is 5.05. The monoisotopic (exact) mass is 428 g/mol. The number of fused-ring (bicyclic) bond motifs is 2. The van der Waals surface area contributed by atoms with E-state index < -0.39 is 0 Å². The third kappa shape index (κ3) is 4.09. The molecule has 0 amide bonds. The Morgan fingerprint density at radius 2 is 1.90 bits per heavy atom. The first-order valence-corrected chi connectivity index (χ1v) is 10.1. The number of carbonyl (C=O) groups is 1. The third-order valence-electron chi connectivity index (χ3n) is 4.95. The average molecular weight is 429 g/mol. The van der Waals surface area contributed by atoms with Crippen molar-refractivity contribution in [3.8, 4) is 11.5 Å². The molecule has 0 saturated heterocycles. The first-order valence-electron chi connectivity index (χ1n) is 9.69. The Morgan fingerprint density at radius 1 is 1.00 bits per heavy atom. The minimum Gasteiger partial charge on any atom is -0.454 e. The van der Waals surface area contributed by atoms with E-state index in [-0.39, 0.29) is 12.6 Å². The van der Waals surface area contributed by atoms with Gasteiger partial charge in [0.25, 0.3) is 0 Å². The van der Waals surface area contributed by atoms with Crippen molar-refractivity contribution in [2.45, 2.75) is 0 Å². The number of nitrogens with zero attached hydrogens (tertiary/aromatic N) is 1. The van der Waals surface area contributed by atoms with E-state index in [2.05, 4.69) is 10.3 Å². The van der Waals surface area contributed by atoms with Crippen LogP contribution in [-0.2, 0) is 0 Å². The average Bonchev–Trinajstić information content (AvgIpc) is 3.25. The molecule has 0 spiro atoms. The summed E-state index contributed by atoms with van der Waals surface area (Å²) < 4.78 is 10.7. The summed E-state index contributed by atoms with van der Waals surface area (Å²) >= 11 is 6.07. The molecule has 0 radical (unpaired) electrons. The second-order valence-electron chi connectivity index (χ2n) is 7.04. The molecular formula is C25H17ClN2O3. The lowest BCUT2D eigenvalue weighted by Crippen LogP contribution is -1.97. The zero-order valence-corrected chi connectivity index (χ0v) is 17.1. The van der Waals surface area contributed by atoms with Gasteiger partial charge in [-0.1, -0.05) is 35.9 Å². The maximum Gasteiger partial charge on any atom is 0.231 e. The van der Waals surface area contributed by atoms with Crippen molar-refractivity contribution in [1.82, 2.24) is 4.98 Å². The van der Waals surface area contributed by atoms with E-state index in [4.69, 9.17) is 21.1 Å². The largest absolute Gasteiger partial charge is 0.454 e. The Kier molecular flexibility index (Phi) is 5.02. The number of pyridine rings is 1. The molecule has 1 N–H and O–H groups in total. The van der Waals surface area contributed by atoms with Crippen molar-refractivity contribution >= 4 is 45.7 Å². The van der Waals surface area contributed by atoms with Gasteiger partial charge in [0.2, 0.25) is 6.79 Å². The summed E-state index contributed by atoms with van der Waals surface area (Å²) in [7, 11) is 0. The molecule has 0 atom stereocenters. The van der Waals surface area contributed by atoms with E-state index in [9.17, 15) is 4.79 Å². The molecular weight excluding hydrogens is 412 g/mol. The predicted molar refractivity (Wildman–Crippen MR) is 122 cm³/mol. The van der Waals surface area contributed by atoms with Crippen LogP contribution in [0.5, 0.6) is 11.5 Å². The number of rotatable bonds is 5. The lowest BCUT2D eigenvalue weighted by molar-refractivity contribution is 0.104. The molecule has 31 heavy (non-hydrogen) atoms.